The van der Waals surface area contributed by atoms with E-state index in [9.17, 15) is 0 Å². The van der Waals surface area contributed by atoms with Gasteiger partial charge in [0.15, 0.2) is 0 Å². The summed E-state index contributed by atoms with van der Waals surface area (Å²) in [5.41, 5.74) is 0. The number of rotatable bonds is 8. The van der Waals surface area contributed by atoms with Gasteiger partial charge in [0.05, 0.1) is 0 Å². The lowest BCUT2D eigenvalue weighted by atomic mass is 10.1. The van der Waals surface area contributed by atoms with Crippen LogP contribution in [0, 0.1) is 0 Å². The maximum absolute atomic E-state index is 2.27. The average molecular weight is 234 g/mol. The van der Waals surface area contributed by atoms with Gasteiger partial charge in [-0.05, 0) is 0 Å². The van der Waals surface area contributed by atoms with Crippen LogP contribution in [-0.2, 0) is 0 Å². The molecule has 0 amide bonds. The molecule has 0 aromatic heterocycles. The van der Waals surface area contributed by atoms with Crippen molar-refractivity contribution in [1.29, 1.82) is 0 Å². The molecule has 0 N–H and O–H groups in total. The SMILES string of the molecule is CCCCCCCCCCC.c1ccccc1. The van der Waals surface area contributed by atoms with Gasteiger partial charge >= 0.3 is 0 Å². The highest BCUT2D eigenvalue weighted by Crippen LogP contribution is 2.08. The van der Waals surface area contributed by atoms with E-state index in [2.05, 4.69) is 13.8 Å². The molecule has 17 heavy (non-hydrogen) atoms. The minimum Gasteiger partial charge on any atom is -0.0654 e. The predicted molar refractivity (Wildman–Crippen MR) is 79.3 cm³/mol. The summed E-state index contributed by atoms with van der Waals surface area (Å²) in [6, 6.07) is 12.0. The lowest BCUT2D eigenvalue weighted by molar-refractivity contribution is 0.572. The Labute approximate surface area is 108 Å². The van der Waals surface area contributed by atoms with Crippen molar-refractivity contribution >= 4 is 0 Å². The van der Waals surface area contributed by atoms with E-state index in [1.807, 2.05) is 36.4 Å². The fourth-order valence-electron chi connectivity index (χ4n) is 1.77. The third kappa shape index (κ3) is 15.2. The maximum Gasteiger partial charge on any atom is -0.0533 e. The standard InChI is InChI=1S/C11H24.C6H6/c1-3-5-7-9-11-10-8-6-4-2;1-2-4-6-5-3-1/h3-11H2,1-2H3;1-6H. The number of hydrogen-bond acceptors (Lipinski definition) is 0. The summed E-state index contributed by atoms with van der Waals surface area (Å²) in [6.45, 7) is 4.55. The van der Waals surface area contributed by atoms with Crippen molar-refractivity contribution in [3.63, 3.8) is 0 Å². The van der Waals surface area contributed by atoms with Gasteiger partial charge in [-0.15, -0.1) is 0 Å². The normalized spacial score (nSPS) is 9.53. The fraction of sp³-hybridized carbons (Fsp3) is 0.647. The zero-order valence-corrected chi connectivity index (χ0v) is 11.8. The van der Waals surface area contributed by atoms with Crippen LogP contribution in [0.2, 0.25) is 0 Å². The van der Waals surface area contributed by atoms with E-state index in [0.717, 1.165) is 0 Å². The van der Waals surface area contributed by atoms with Crippen LogP contribution in [0.5, 0.6) is 0 Å². The molecule has 98 valence electrons. The molecule has 0 aliphatic rings. The molecule has 1 aromatic rings. The minimum atomic E-state index is 1.37. The topological polar surface area (TPSA) is 0 Å². The lowest BCUT2D eigenvalue weighted by Gasteiger charge is -1.98. The molecule has 0 saturated heterocycles. The molecule has 0 nitrogen and oxygen atoms in total. The molecule has 1 aromatic carbocycles. The van der Waals surface area contributed by atoms with Crippen molar-refractivity contribution in [2.45, 2.75) is 71.6 Å². The first-order chi connectivity index (χ1) is 8.41. The molecule has 0 aliphatic heterocycles. The Balaban J connectivity index is 0.000000354. The van der Waals surface area contributed by atoms with Gasteiger partial charge in [0.2, 0.25) is 0 Å². The number of unbranched alkanes of at least 4 members (excludes halogenated alkanes) is 8. The van der Waals surface area contributed by atoms with Crippen LogP contribution in [-0.4, -0.2) is 0 Å². The Kier molecular flexibility index (Phi) is 14.5. The molecule has 0 heteroatoms. The van der Waals surface area contributed by atoms with Gasteiger partial charge in [-0.1, -0.05) is 108 Å². The molecular weight excluding hydrogens is 204 g/mol. The monoisotopic (exact) mass is 234 g/mol. The van der Waals surface area contributed by atoms with Crippen molar-refractivity contribution in [3.05, 3.63) is 36.4 Å². The molecule has 0 atom stereocenters. The highest BCUT2D eigenvalue weighted by atomic mass is 13.9. The third-order valence-electron chi connectivity index (χ3n) is 2.87. The van der Waals surface area contributed by atoms with Crippen LogP contribution in [0.3, 0.4) is 0 Å². The van der Waals surface area contributed by atoms with E-state index in [0.29, 0.717) is 0 Å². The minimum absolute atomic E-state index is 1.37. The molecule has 0 radical (unpaired) electrons. The van der Waals surface area contributed by atoms with Gasteiger partial charge in [0.25, 0.3) is 0 Å². The van der Waals surface area contributed by atoms with E-state index < -0.39 is 0 Å². The van der Waals surface area contributed by atoms with Gasteiger partial charge in [0.1, 0.15) is 0 Å². The second-order valence-corrected chi connectivity index (χ2v) is 4.63. The summed E-state index contributed by atoms with van der Waals surface area (Å²) >= 11 is 0. The molecule has 0 heterocycles. The molecule has 1 rings (SSSR count). The average Bonchev–Trinajstić information content (AvgIpc) is 2.41. The van der Waals surface area contributed by atoms with E-state index in [-0.39, 0.29) is 0 Å². The lowest BCUT2D eigenvalue weighted by Crippen LogP contribution is -1.79. The largest absolute Gasteiger partial charge is 0.0654 e. The second kappa shape index (κ2) is 15.2. The van der Waals surface area contributed by atoms with E-state index in [4.69, 9.17) is 0 Å². The molecule has 0 saturated carbocycles. The van der Waals surface area contributed by atoms with Crippen LogP contribution >= 0.6 is 0 Å². The van der Waals surface area contributed by atoms with Gasteiger partial charge < -0.3 is 0 Å². The summed E-state index contributed by atoms with van der Waals surface area (Å²) in [7, 11) is 0. The summed E-state index contributed by atoms with van der Waals surface area (Å²) in [6.07, 6.45) is 13.0. The number of hydrogen-bond donors (Lipinski definition) is 0. The third-order valence-corrected chi connectivity index (χ3v) is 2.87. The highest BCUT2D eigenvalue weighted by Gasteiger charge is 1.88. The van der Waals surface area contributed by atoms with Crippen LogP contribution in [0.4, 0.5) is 0 Å². The Hall–Kier alpha value is -0.780. The Morgan fingerprint density at radius 3 is 0.882 bits per heavy atom. The Bertz CT molecular complexity index is 168. The highest BCUT2D eigenvalue weighted by molar-refractivity contribution is 4.99. The van der Waals surface area contributed by atoms with Gasteiger partial charge in [-0.3, -0.25) is 0 Å². The van der Waals surface area contributed by atoms with Crippen molar-refractivity contribution in [3.8, 4) is 0 Å². The van der Waals surface area contributed by atoms with E-state index >= 15 is 0 Å². The first kappa shape index (κ1) is 16.2. The second-order valence-electron chi connectivity index (χ2n) is 4.63. The van der Waals surface area contributed by atoms with Crippen molar-refractivity contribution in [1.82, 2.24) is 0 Å². The maximum atomic E-state index is 2.27. The van der Waals surface area contributed by atoms with Crippen molar-refractivity contribution < 1.29 is 0 Å². The molecule has 0 fully saturated rings. The fourth-order valence-corrected chi connectivity index (χ4v) is 1.77. The number of benzene rings is 1. The Morgan fingerprint density at radius 1 is 0.412 bits per heavy atom. The summed E-state index contributed by atoms with van der Waals surface area (Å²) in [5.74, 6) is 0. The first-order valence-corrected chi connectivity index (χ1v) is 7.41. The van der Waals surface area contributed by atoms with E-state index in [1.54, 1.807) is 0 Å². The van der Waals surface area contributed by atoms with Crippen LogP contribution in [0.25, 0.3) is 0 Å². The van der Waals surface area contributed by atoms with Crippen LogP contribution < -0.4 is 0 Å². The predicted octanol–water partition coefficient (Wildman–Crippen LogP) is 6.22. The van der Waals surface area contributed by atoms with Gasteiger partial charge in [-0.2, -0.15) is 0 Å². The van der Waals surface area contributed by atoms with Crippen LogP contribution in [0.1, 0.15) is 71.6 Å². The smallest absolute Gasteiger partial charge is 0.0533 e. The zero-order valence-electron chi connectivity index (χ0n) is 11.8. The first-order valence-electron chi connectivity index (χ1n) is 7.41. The quantitative estimate of drug-likeness (QED) is 0.468. The molecular formula is C17H30. The van der Waals surface area contributed by atoms with Gasteiger partial charge in [0, 0.05) is 0 Å². The van der Waals surface area contributed by atoms with Crippen molar-refractivity contribution in [2.75, 3.05) is 0 Å². The summed E-state index contributed by atoms with van der Waals surface area (Å²) in [4.78, 5) is 0. The van der Waals surface area contributed by atoms with Crippen molar-refractivity contribution in [2.24, 2.45) is 0 Å². The molecule has 0 aliphatic carbocycles. The Morgan fingerprint density at radius 2 is 0.647 bits per heavy atom. The summed E-state index contributed by atoms with van der Waals surface area (Å²) < 4.78 is 0. The van der Waals surface area contributed by atoms with Gasteiger partial charge in [-0.25, -0.2) is 0 Å². The zero-order chi connectivity index (χ0) is 12.6. The molecule has 0 unspecified atom stereocenters. The van der Waals surface area contributed by atoms with Crippen LogP contribution in [0.15, 0.2) is 36.4 Å². The molecule has 0 bridgehead atoms. The van der Waals surface area contributed by atoms with E-state index in [1.165, 1.54) is 57.8 Å². The summed E-state index contributed by atoms with van der Waals surface area (Å²) in [5, 5.41) is 0. The molecule has 0 spiro atoms.